The van der Waals surface area contributed by atoms with Gasteiger partial charge in [0.15, 0.2) is 17.3 Å². The van der Waals surface area contributed by atoms with Crippen LogP contribution in [0.5, 0.6) is 11.5 Å². The normalized spacial score (nSPS) is 22.5. The van der Waals surface area contributed by atoms with Gasteiger partial charge < -0.3 is 19.7 Å². The Bertz CT molecular complexity index is 1180. The van der Waals surface area contributed by atoms with Crippen molar-refractivity contribution in [3.63, 3.8) is 0 Å². The summed E-state index contributed by atoms with van der Waals surface area (Å²) in [6.07, 6.45) is 3.83. The maximum atomic E-state index is 14.5. The lowest BCUT2D eigenvalue weighted by Gasteiger charge is -2.17. The van der Waals surface area contributed by atoms with Crippen LogP contribution in [0.2, 0.25) is 10.0 Å². The predicted octanol–water partition coefficient (Wildman–Crippen LogP) is 5.79. The number of hydrogen-bond acceptors (Lipinski definition) is 6. The highest BCUT2D eigenvalue weighted by Gasteiger charge is 2.39. The molecule has 5 rings (SSSR count). The summed E-state index contributed by atoms with van der Waals surface area (Å²) in [6, 6.07) is 6.69. The summed E-state index contributed by atoms with van der Waals surface area (Å²) in [6.45, 7) is 3.03. The van der Waals surface area contributed by atoms with E-state index in [-0.39, 0.29) is 15.7 Å². The van der Waals surface area contributed by atoms with Crippen LogP contribution in [0.1, 0.15) is 12.8 Å². The predicted molar refractivity (Wildman–Crippen MR) is 128 cm³/mol. The summed E-state index contributed by atoms with van der Waals surface area (Å²) < 4.78 is 26.3. The summed E-state index contributed by atoms with van der Waals surface area (Å²) in [7, 11) is 3.80. The summed E-state index contributed by atoms with van der Waals surface area (Å²) in [5.74, 6) is 3.12. The van der Waals surface area contributed by atoms with Gasteiger partial charge >= 0.3 is 0 Å². The van der Waals surface area contributed by atoms with Gasteiger partial charge in [0.2, 0.25) is 0 Å². The number of halogens is 3. The van der Waals surface area contributed by atoms with Crippen molar-refractivity contribution in [1.82, 2.24) is 14.9 Å². The van der Waals surface area contributed by atoms with E-state index in [2.05, 4.69) is 27.2 Å². The molecule has 1 aliphatic heterocycles. The number of aromatic nitrogens is 2. The molecule has 0 radical (unpaired) electrons. The fraction of sp³-hybridized carbons (Fsp3) is 0.417. The molecule has 174 valence electrons. The van der Waals surface area contributed by atoms with Crippen LogP contribution in [0.4, 0.5) is 15.9 Å². The number of nitrogens with zero attached hydrogens (tertiary/aromatic N) is 3. The molecular weight excluding hydrogens is 466 g/mol. The molecule has 1 aromatic heterocycles. The highest BCUT2D eigenvalue weighted by atomic mass is 35.5. The second kappa shape index (κ2) is 9.12. The van der Waals surface area contributed by atoms with Crippen molar-refractivity contribution in [3.05, 3.63) is 46.5 Å². The van der Waals surface area contributed by atoms with Gasteiger partial charge in [-0.1, -0.05) is 23.2 Å². The Morgan fingerprint density at radius 2 is 1.88 bits per heavy atom. The van der Waals surface area contributed by atoms with Gasteiger partial charge in [0.05, 0.1) is 35.0 Å². The van der Waals surface area contributed by atoms with Gasteiger partial charge in [-0.15, -0.1) is 0 Å². The minimum Gasteiger partial charge on any atom is -0.493 e. The van der Waals surface area contributed by atoms with Crippen molar-refractivity contribution in [2.24, 2.45) is 17.8 Å². The summed E-state index contributed by atoms with van der Waals surface area (Å²) in [4.78, 5) is 11.1. The van der Waals surface area contributed by atoms with E-state index in [4.69, 9.17) is 32.7 Å². The molecule has 3 aromatic rings. The first-order chi connectivity index (χ1) is 15.9. The first-order valence-electron chi connectivity index (χ1n) is 11.0. The van der Waals surface area contributed by atoms with Crippen LogP contribution in [-0.2, 0) is 0 Å². The van der Waals surface area contributed by atoms with Crippen molar-refractivity contribution < 1.29 is 13.9 Å². The van der Waals surface area contributed by atoms with Crippen LogP contribution in [0, 0.1) is 23.6 Å². The molecule has 1 unspecified atom stereocenters. The van der Waals surface area contributed by atoms with E-state index in [0.29, 0.717) is 40.7 Å². The average Bonchev–Trinajstić information content (AvgIpc) is 3.34. The first kappa shape index (κ1) is 22.4. The Labute approximate surface area is 202 Å². The molecule has 2 aromatic carbocycles. The molecule has 1 aliphatic carbocycles. The van der Waals surface area contributed by atoms with Crippen LogP contribution in [-0.4, -0.2) is 48.7 Å². The van der Waals surface area contributed by atoms with Crippen LogP contribution < -0.4 is 14.8 Å². The lowest BCUT2D eigenvalue weighted by molar-refractivity contribution is 0.227. The molecule has 6 nitrogen and oxygen atoms in total. The molecule has 9 heteroatoms. The Morgan fingerprint density at radius 1 is 1.12 bits per heavy atom. The molecule has 2 heterocycles. The minimum absolute atomic E-state index is 0.143. The third-order valence-corrected chi connectivity index (χ3v) is 7.50. The maximum Gasteiger partial charge on any atom is 0.166 e. The third kappa shape index (κ3) is 4.42. The molecule has 3 atom stereocenters. The lowest BCUT2D eigenvalue weighted by atomic mass is 10.0. The van der Waals surface area contributed by atoms with Crippen molar-refractivity contribution in [2.75, 3.05) is 39.2 Å². The fourth-order valence-electron chi connectivity index (χ4n) is 5.19. The topological polar surface area (TPSA) is 59.5 Å². The lowest BCUT2D eigenvalue weighted by Crippen LogP contribution is -2.18. The van der Waals surface area contributed by atoms with Gasteiger partial charge in [0.25, 0.3) is 0 Å². The van der Waals surface area contributed by atoms with Crippen molar-refractivity contribution in [1.29, 1.82) is 0 Å². The van der Waals surface area contributed by atoms with Crippen molar-refractivity contribution >= 4 is 45.6 Å². The molecule has 0 amide bonds. The Morgan fingerprint density at radius 3 is 2.61 bits per heavy atom. The summed E-state index contributed by atoms with van der Waals surface area (Å²) in [5.41, 5.74) is 0.829. The summed E-state index contributed by atoms with van der Waals surface area (Å²) in [5, 5.41) is 3.66. The number of hydrogen-bond donors (Lipinski definition) is 1. The molecule has 33 heavy (non-hydrogen) atoms. The van der Waals surface area contributed by atoms with Crippen molar-refractivity contribution in [2.45, 2.75) is 12.8 Å². The molecule has 2 fully saturated rings. The van der Waals surface area contributed by atoms with Gasteiger partial charge in [-0.05, 0) is 55.8 Å². The van der Waals surface area contributed by atoms with Crippen LogP contribution in [0.15, 0.2) is 30.6 Å². The number of methoxy groups -OCH3 is 1. The fourth-order valence-corrected chi connectivity index (χ4v) is 5.50. The maximum absolute atomic E-state index is 14.5. The second-order valence-electron chi connectivity index (χ2n) is 8.98. The molecule has 1 N–H and O–H groups in total. The molecule has 1 saturated heterocycles. The molecule has 1 saturated carbocycles. The smallest absolute Gasteiger partial charge is 0.166 e. The van der Waals surface area contributed by atoms with Crippen LogP contribution >= 0.6 is 23.2 Å². The van der Waals surface area contributed by atoms with Gasteiger partial charge in [0.1, 0.15) is 12.1 Å². The second-order valence-corrected chi connectivity index (χ2v) is 9.77. The number of ether oxygens (including phenoxy) is 2. The number of likely N-dealkylation sites (tertiary alicyclic amines) is 1. The highest BCUT2D eigenvalue weighted by molar-refractivity contribution is 6.42. The zero-order valence-corrected chi connectivity index (χ0v) is 20.0. The average molecular weight is 491 g/mol. The highest BCUT2D eigenvalue weighted by Crippen LogP contribution is 2.42. The van der Waals surface area contributed by atoms with E-state index in [1.54, 1.807) is 13.2 Å². The van der Waals surface area contributed by atoms with E-state index < -0.39 is 5.82 Å². The third-order valence-electron chi connectivity index (χ3n) is 6.71. The first-order valence-corrected chi connectivity index (χ1v) is 11.7. The number of anilines is 2. The van der Waals surface area contributed by atoms with Gasteiger partial charge in [-0.3, -0.25) is 0 Å². The Balaban J connectivity index is 1.37. The molecule has 0 spiro atoms. The van der Waals surface area contributed by atoms with E-state index in [0.717, 1.165) is 11.8 Å². The Hall–Kier alpha value is -2.35. The van der Waals surface area contributed by atoms with Gasteiger partial charge in [-0.25, -0.2) is 14.4 Å². The van der Waals surface area contributed by atoms with E-state index in [1.807, 2.05) is 6.07 Å². The SMILES string of the molecule is COc1cc2c(Nc3ccc(Cl)c(Cl)c3F)ncnc2cc1OC[C@H]1CC2CN(C)C[C@@H]2C1. The zero-order chi connectivity index (χ0) is 23.1. The standard InChI is InChI=1S/C24H25Cl2FN4O2/c1-31-9-14-5-13(6-15(14)10-31)11-33-21-8-19-16(7-20(21)32-2)24(29-12-28-19)30-18-4-3-17(25)22(26)23(18)27/h3-4,7-8,12-15H,5-6,9-11H2,1-2H3,(H,28,29,30)/t13-,14+,15?/m1/s1. The van der Waals surface area contributed by atoms with Gasteiger partial charge in [0, 0.05) is 24.5 Å². The zero-order valence-electron chi connectivity index (χ0n) is 18.4. The quantitative estimate of drug-likeness (QED) is 0.441. The minimum atomic E-state index is -0.643. The molecule has 0 bridgehead atoms. The molecular formula is C24H25Cl2FN4O2. The van der Waals surface area contributed by atoms with Crippen LogP contribution in [0.25, 0.3) is 10.9 Å². The van der Waals surface area contributed by atoms with E-state index in [9.17, 15) is 4.39 Å². The number of fused-ring (bicyclic) bond motifs is 2. The number of rotatable bonds is 6. The van der Waals surface area contributed by atoms with E-state index in [1.165, 1.54) is 44.4 Å². The van der Waals surface area contributed by atoms with Gasteiger partial charge in [-0.2, -0.15) is 0 Å². The monoisotopic (exact) mass is 490 g/mol. The van der Waals surface area contributed by atoms with Crippen molar-refractivity contribution in [3.8, 4) is 11.5 Å². The number of nitrogens with one attached hydrogen (secondary N) is 1. The largest absolute Gasteiger partial charge is 0.493 e. The number of benzene rings is 2. The Kier molecular flexibility index (Phi) is 6.20. The molecule has 2 aliphatic rings. The van der Waals surface area contributed by atoms with Crippen LogP contribution in [0.3, 0.4) is 0 Å². The van der Waals surface area contributed by atoms with E-state index >= 15 is 0 Å². The summed E-state index contributed by atoms with van der Waals surface area (Å²) >= 11 is 11.8.